The molecule has 0 saturated carbocycles. The van der Waals surface area contributed by atoms with Crippen molar-refractivity contribution < 1.29 is 8.83 Å². The molecule has 0 saturated heterocycles. The molecule has 0 N–H and O–H groups in total. The van der Waals surface area contributed by atoms with E-state index in [2.05, 4.69) is 170 Å². The molecule has 2 aromatic heterocycles. The molecule has 1 aliphatic rings. The van der Waals surface area contributed by atoms with Gasteiger partial charge < -0.3 is 8.83 Å². The van der Waals surface area contributed by atoms with Crippen molar-refractivity contribution in [3.05, 3.63) is 168 Å². The molecule has 11 rings (SSSR count). The van der Waals surface area contributed by atoms with Crippen LogP contribution in [0.2, 0.25) is 0 Å². The summed E-state index contributed by atoms with van der Waals surface area (Å²) in [6, 6.07) is 56.4. The molecule has 0 atom stereocenters. The summed E-state index contributed by atoms with van der Waals surface area (Å²) in [5.74, 6) is 0.896. The van der Waals surface area contributed by atoms with Crippen molar-refractivity contribution in [3.63, 3.8) is 0 Å². The molecular formula is C50H32O2. The molecule has 0 bridgehead atoms. The molecule has 0 radical (unpaired) electrons. The monoisotopic (exact) mass is 664 g/mol. The van der Waals surface area contributed by atoms with E-state index in [-0.39, 0.29) is 0 Å². The van der Waals surface area contributed by atoms with E-state index in [4.69, 9.17) is 8.83 Å². The minimum atomic E-state index is 0.890. The summed E-state index contributed by atoms with van der Waals surface area (Å²) < 4.78 is 13.2. The van der Waals surface area contributed by atoms with Gasteiger partial charge in [-0.1, -0.05) is 140 Å². The minimum Gasteiger partial charge on any atom is -0.456 e. The average molecular weight is 665 g/mol. The highest BCUT2D eigenvalue weighted by molar-refractivity contribution is 6.16. The Hall–Kier alpha value is -6.64. The number of furan rings is 2. The van der Waals surface area contributed by atoms with Crippen molar-refractivity contribution >= 4 is 66.6 Å². The fourth-order valence-corrected chi connectivity index (χ4v) is 8.61. The Balaban J connectivity index is 1.22. The van der Waals surface area contributed by atoms with Crippen LogP contribution in [-0.4, -0.2) is 0 Å². The van der Waals surface area contributed by atoms with Gasteiger partial charge in [-0.05, 0) is 103 Å². The standard InChI is InChI=1S/C50H32O2/c1-3-14-31(15-4-1)47-49-40(24-13-25-44(49)52-50(47)32-16-5-2-6-17-32)48-38-22-11-9-20-36(38)46(37-21-10-12-23-39(37)48)35-26-27-43-41(29-35)42-28-33-18-7-8-19-34(33)30-45(42)51-43/h1-9,11,13-30H,10,12H2. The molecule has 52 heavy (non-hydrogen) atoms. The molecule has 0 unspecified atom stereocenters. The summed E-state index contributed by atoms with van der Waals surface area (Å²) in [4.78, 5) is 0. The first-order valence-electron chi connectivity index (χ1n) is 18.1. The summed E-state index contributed by atoms with van der Waals surface area (Å²) in [5.41, 5.74) is 11.0. The number of fused-ring (bicyclic) bond motifs is 7. The number of hydrogen-bond acceptors (Lipinski definition) is 2. The molecule has 1 aliphatic carbocycles. The van der Waals surface area contributed by atoms with Crippen molar-refractivity contribution in [2.24, 2.45) is 0 Å². The maximum absolute atomic E-state index is 6.82. The fraction of sp³-hybridized carbons (Fsp3) is 0.0400. The highest BCUT2D eigenvalue weighted by Crippen LogP contribution is 2.46. The predicted molar refractivity (Wildman–Crippen MR) is 218 cm³/mol. The van der Waals surface area contributed by atoms with Crippen LogP contribution in [0.5, 0.6) is 0 Å². The summed E-state index contributed by atoms with van der Waals surface area (Å²) in [6.45, 7) is 0. The first kappa shape index (κ1) is 29.1. The summed E-state index contributed by atoms with van der Waals surface area (Å²) in [6.07, 6.45) is 6.91. The third-order valence-corrected chi connectivity index (χ3v) is 10.9. The lowest BCUT2D eigenvalue weighted by Gasteiger charge is -2.18. The Labute approximate surface area is 300 Å². The van der Waals surface area contributed by atoms with Crippen LogP contribution >= 0.6 is 0 Å². The van der Waals surface area contributed by atoms with E-state index < -0.39 is 0 Å². The van der Waals surface area contributed by atoms with Crippen LogP contribution in [-0.2, 0) is 0 Å². The van der Waals surface area contributed by atoms with Gasteiger partial charge in [-0.25, -0.2) is 0 Å². The van der Waals surface area contributed by atoms with Gasteiger partial charge >= 0.3 is 0 Å². The van der Waals surface area contributed by atoms with E-state index in [0.29, 0.717) is 0 Å². The van der Waals surface area contributed by atoms with Gasteiger partial charge in [0, 0.05) is 27.3 Å². The zero-order chi connectivity index (χ0) is 34.2. The highest BCUT2D eigenvalue weighted by Gasteiger charge is 2.24. The molecule has 0 spiro atoms. The molecule has 10 aromatic rings. The van der Waals surface area contributed by atoms with Crippen molar-refractivity contribution in [3.8, 4) is 44.7 Å². The van der Waals surface area contributed by atoms with Gasteiger partial charge in [0.15, 0.2) is 0 Å². The van der Waals surface area contributed by atoms with Crippen molar-refractivity contribution in [2.75, 3.05) is 0 Å². The Morgan fingerprint density at radius 2 is 1.00 bits per heavy atom. The van der Waals surface area contributed by atoms with Crippen molar-refractivity contribution in [1.82, 2.24) is 0 Å². The van der Waals surface area contributed by atoms with Gasteiger partial charge in [-0.15, -0.1) is 0 Å². The largest absolute Gasteiger partial charge is 0.456 e. The Kier molecular flexibility index (Phi) is 6.41. The third-order valence-electron chi connectivity index (χ3n) is 10.9. The lowest BCUT2D eigenvalue weighted by atomic mass is 9.84. The van der Waals surface area contributed by atoms with Gasteiger partial charge in [0.1, 0.15) is 22.5 Å². The molecule has 0 fully saturated rings. The minimum absolute atomic E-state index is 0.890. The van der Waals surface area contributed by atoms with Crippen LogP contribution in [0.4, 0.5) is 0 Å². The average Bonchev–Trinajstić information content (AvgIpc) is 3.78. The highest BCUT2D eigenvalue weighted by atomic mass is 16.3. The topological polar surface area (TPSA) is 26.3 Å². The predicted octanol–water partition coefficient (Wildman–Crippen LogP) is 12.7. The first-order valence-corrected chi connectivity index (χ1v) is 18.1. The maximum atomic E-state index is 6.82. The molecule has 0 amide bonds. The van der Waals surface area contributed by atoms with Gasteiger partial charge in [-0.3, -0.25) is 0 Å². The van der Waals surface area contributed by atoms with E-state index in [0.717, 1.165) is 68.2 Å². The molecule has 2 heterocycles. The molecule has 0 aliphatic heterocycles. The number of hydrogen-bond donors (Lipinski definition) is 0. The Morgan fingerprint density at radius 1 is 0.365 bits per heavy atom. The Bertz CT molecular complexity index is 3160. The van der Waals surface area contributed by atoms with Crippen molar-refractivity contribution in [1.29, 1.82) is 0 Å². The molecule has 244 valence electrons. The van der Waals surface area contributed by atoms with Crippen LogP contribution < -0.4 is 10.4 Å². The lowest BCUT2D eigenvalue weighted by Crippen LogP contribution is -2.31. The maximum Gasteiger partial charge on any atom is 0.143 e. The van der Waals surface area contributed by atoms with Crippen molar-refractivity contribution in [2.45, 2.75) is 12.8 Å². The Morgan fingerprint density at radius 3 is 1.77 bits per heavy atom. The number of benzene rings is 8. The van der Waals surface area contributed by atoms with E-state index in [9.17, 15) is 0 Å². The second-order valence-electron chi connectivity index (χ2n) is 13.8. The summed E-state index contributed by atoms with van der Waals surface area (Å²) in [7, 11) is 0. The molecule has 2 heteroatoms. The lowest BCUT2D eigenvalue weighted by molar-refractivity contribution is 0.632. The second kappa shape index (κ2) is 11.4. The fourth-order valence-electron chi connectivity index (χ4n) is 8.61. The van der Waals surface area contributed by atoms with Crippen LogP contribution in [0.15, 0.2) is 167 Å². The van der Waals surface area contributed by atoms with Crippen LogP contribution in [0.3, 0.4) is 0 Å². The molecule has 2 nitrogen and oxygen atoms in total. The van der Waals surface area contributed by atoms with Gasteiger partial charge in [-0.2, -0.15) is 0 Å². The molecular weight excluding hydrogens is 633 g/mol. The van der Waals surface area contributed by atoms with Crippen LogP contribution in [0, 0.1) is 0 Å². The van der Waals surface area contributed by atoms with E-state index in [1.165, 1.54) is 54.2 Å². The van der Waals surface area contributed by atoms with Crippen LogP contribution in [0.1, 0.15) is 12.8 Å². The van der Waals surface area contributed by atoms with Gasteiger partial charge in [0.2, 0.25) is 0 Å². The van der Waals surface area contributed by atoms with Gasteiger partial charge in [0.25, 0.3) is 0 Å². The summed E-state index contributed by atoms with van der Waals surface area (Å²) >= 11 is 0. The number of rotatable bonds is 4. The molecule has 8 aromatic carbocycles. The van der Waals surface area contributed by atoms with E-state index in [1.54, 1.807) is 0 Å². The van der Waals surface area contributed by atoms with E-state index >= 15 is 0 Å². The van der Waals surface area contributed by atoms with Crippen LogP contribution in [0.25, 0.3) is 111 Å². The zero-order valence-corrected chi connectivity index (χ0v) is 28.4. The van der Waals surface area contributed by atoms with Gasteiger partial charge in [0.05, 0.1) is 0 Å². The second-order valence-corrected chi connectivity index (χ2v) is 13.8. The quantitative estimate of drug-likeness (QED) is 0.187. The first-order chi connectivity index (χ1) is 25.8. The zero-order valence-electron chi connectivity index (χ0n) is 28.4. The third kappa shape index (κ3) is 4.37. The summed E-state index contributed by atoms with van der Waals surface area (Å²) in [5, 5.41) is 10.9. The normalized spacial score (nSPS) is 12.8. The van der Waals surface area contributed by atoms with E-state index in [1.807, 2.05) is 0 Å². The smallest absolute Gasteiger partial charge is 0.143 e. The SMILES string of the molecule is C1=c2c(-c3ccc4oc5cc6ccccc6cc5c4c3)c3ccccc3c(-c3cccc4oc(-c5ccccc5)c(-c5ccccc5)c34)c2=CCC1.